The molecule has 1 saturated heterocycles. The predicted octanol–water partition coefficient (Wildman–Crippen LogP) is 2.20. The topological polar surface area (TPSA) is 66.8 Å². The summed E-state index contributed by atoms with van der Waals surface area (Å²) >= 11 is 0. The fourth-order valence-corrected chi connectivity index (χ4v) is 2.96. The van der Waals surface area contributed by atoms with Gasteiger partial charge >= 0.3 is 5.97 Å². The molecule has 1 aliphatic heterocycles. The summed E-state index contributed by atoms with van der Waals surface area (Å²) in [6.07, 6.45) is 2.49. The molecule has 1 N–H and O–H groups in total. The van der Waals surface area contributed by atoms with Crippen molar-refractivity contribution >= 4 is 11.9 Å². The summed E-state index contributed by atoms with van der Waals surface area (Å²) in [6.45, 7) is 2.89. The van der Waals surface area contributed by atoms with Crippen molar-refractivity contribution in [3.05, 3.63) is 35.4 Å². The summed E-state index contributed by atoms with van der Waals surface area (Å²) in [5.41, 5.74) is 0.838. The van der Waals surface area contributed by atoms with Gasteiger partial charge in [-0.1, -0.05) is 25.5 Å². The molecule has 1 heterocycles. The highest BCUT2D eigenvalue weighted by Gasteiger charge is 2.46. The molecule has 2 rings (SSSR count). The number of ether oxygens (including phenoxy) is 1. The molecule has 5 nitrogen and oxygen atoms in total. The van der Waals surface area contributed by atoms with Gasteiger partial charge < -0.3 is 14.7 Å². The maximum atomic E-state index is 12.5. The highest BCUT2D eigenvalue weighted by atomic mass is 16.5. The lowest BCUT2D eigenvalue weighted by Crippen LogP contribution is -2.40. The average molecular weight is 305 g/mol. The number of amides is 1. The van der Waals surface area contributed by atoms with Gasteiger partial charge in [0.1, 0.15) is 5.41 Å². The molecule has 22 heavy (non-hydrogen) atoms. The van der Waals surface area contributed by atoms with Gasteiger partial charge in [0.25, 0.3) is 5.91 Å². The molecular weight excluding hydrogens is 282 g/mol. The second kappa shape index (κ2) is 6.92. The maximum absolute atomic E-state index is 12.5. The third kappa shape index (κ3) is 3.30. The molecule has 1 aliphatic rings. The number of likely N-dealkylation sites (tertiary alicyclic amines) is 1. The molecular formula is C17H23NO4. The van der Waals surface area contributed by atoms with E-state index < -0.39 is 11.4 Å². The van der Waals surface area contributed by atoms with E-state index in [4.69, 9.17) is 4.74 Å². The third-order valence-corrected chi connectivity index (χ3v) is 4.25. The Morgan fingerprint density at radius 2 is 2.00 bits per heavy atom. The van der Waals surface area contributed by atoms with E-state index in [0.717, 1.165) is 12.8 Å². The van der Waals surface area contributed by atoms with E-state index in [1.807, 2.05) is 24.3 Å². The quantitative estimate of drug-likeness (QED) is 0.875. The zero-order valence-electron chi connectivity index (χ0n) is 13.2. The number of hydrogen-bond donors (Lipinski definition) is 1. The van der Waals surface area contributed by atoms with E-state index in [2.05, 4.69) is 6.92 Å². The van der Waals surface area contributed by atoms with E-state index >= 15 is 0 Å². The number of carboxylic acids is 1. The molecule has 0 radical (unpaired) electrons. The van der Waals surface area contributed by atoms with Crippen molar-refractivity contribution in [1.82, 2.24) is 4.90 Å². The zero-order valence-corrected chi connectivity index (χ0v) is 13.2. The molecule has 0 saturated carbocycles. The molecule has 1 aromatic carbocycles. The minimum atomic E-state index is -0.980. The van der Waals surface area contributed by atoms with Crippen LogP contribution in [-0.4, -0.2) is 48.7 Å². The zero-order chi connectivity index (χ0) is 16.2. The predicted molar refractivity (Wildman–Crippen MR) is 82.9 cm³/mol. The summed E-state index contributed by atoms with van der Waals surface area (Å²) in [7, 11) is 1.49. The van der Waals surface area contributed by atoms with Gasteiger partial charge in [0.2, 0.25) is 0 Å². The summed E-state index contributed by atoms with van der Waals surface area (Å²) in [5.74, 6) is -1.01. The first-order chi connectivity index (χ1) is 10.5. The molecule has 1 fully saturated rings. The van der Waals surface area contributed by atoms with Crippen molar-refractivity contribution in [1.29, 1.82) is 0 Å². The van der Waals surface area contributed by atoms with Gasteiger partial charge in [-0.3, -0.25) is 9.59 Å². The Morgan fingerprint density at radius 1 is 1.32 bits per heavy atom. The Bertz CT molecular complexity index is 540. The minimum absolute atomic E-state index is 0.109. The first-order valence-electron chi connectivity index (χ1n) is 7.63. The van der Waals surface area contributed by atoms with Gasteiger partial charge in [-0.2, -0.15) is 0 Å². The molecule has 0 spiro atoms. The fourth-order valence-electron chi connectivity index (χ4n) is 2.96. The number of hydrogen-bond acceptors (Lipinski definition) is 3. The van der Waals surface area contributed by atoms with Crippen LogP contribution in [0.2, 0.25) is 0 Å². The summed E-state index contributed by atoms with van der Waals surface area (Å²) in [5, 5.41) is 9.44. The standard InChI is InChI=1S/C17H23NO4/c1-3-4-13-5-7-14(8-6-13)15(19)18-10-9-17(11-18,12-22-2)16(20)21/h5-8H,3-4,9-12H2,1-2H3,(H,20,21). The SMILES string of the molecule is CCCc1ccc(C(=O)N2CCC(COC)(C(=O)O)C2)cc1. The van der Waals surface area contributed by atoms with Crippen LogP contribution in [0.4, 0.5) is 0 Å². The van der Waals surface area contributed by atoms with E-state index in [1.54, 1.807) is 4.90 Å². The smallest absolute Gasteiger partial charge is 0.313 e. The first kappa shape index (κ1) is 16.5. The van der Waals surface area contributed by atoms with Crippen LogP contribution >= 0.6 is 0 Å². The summed E-state index contributed by atoms with van der Waals surface area (Å²) < 4.78 is 5.05. The average Bonchev–Trinajstić information content (AvgIpc) is 2.94. The number of methoxy groups -OCH3 is 1. The number of carboxylic acid groups (broad SMARTS) is 1. The molecule has 1 aromatic rings. The molecule has 0 aliphatic carbocycles. The van der Waals surface area contributed by atoms with Gasteiger partial charge in [-0.25, -0.2) is 0 Å². The van der Waals surface area contributed by atoms with Crippen LogP contribution in [0.5, 0.6) is 0 Å². The van der Waals surface area contributed by atoms with Crippen molar-refractivity contribution in [2.24, 2.45) is 5.41 Å². The Hall–Kier alpha value is -1.88. The van der Waals surface area contributed by atoms with Gasteiger partial charge in [0.15, 0.2) is 0 Å². The van der Waals surface area contributed by atoms with Crippen LogP contribution in [0.3, 0.4) is 0 Å². The summed E-state index contributed by atoms with van der Waals surface area (Å²) in [4.78, 5) is 25.7. The van der Waals surface area contributed by atoms with E-state index in [-0.39, 0.29) is 19.1 Å². The largest absolute Gasteiger partial charge is 0.481 e. The number of carbonyl (C=O) groups excluding carboxylic acids is 1. The molecule has 5 heteroatoms. The maximum Gasteiger partial charge on any atom is 0.313 e. The molecule has 0 aromatic heterocycles. The normalized spacial score (nSPS) is 21.1. The molecule has 1 atom stereocenters. The van der Waals surface area contributed by atoms with Crippen LogP contribution in [0.25, 0.3) is 0 Å². The lowest BCUT2D eigenvalue weighted by atomic mass is 9.88. The van der Waals surface area contributed by atoms with Crippen molar-refractivity contribution < 1.29 is 19.4 Å². The third-order valence-electron chi connectivity index (χ3n) is 4.25. The Kier molecular flexibility index (Phi) is 5.19. The van der Waals surface area contributed by atoms with Crippen LogP contribution in [0.15, 0.2) is 24.3 Å². The monoisotopic (exact) mass is 305 g/mol. The number of benzene rings is 1. The van der Waals surface area contributed by atoms with Crippen LogP contribution < -0.4 is 0 Å². The summed E-state index contributed by atoms with van der Waals surface area (Å²) in [6, 6.07) is 7.58. The van der Waals surface area contributed by atoms with E-state index in [9.17, 15) is 14.7 Å². The van der Waals surface area contributed by atoms with E-state index in [1.165, 1.54) is 12.7 Å². The van der Waals surface area contributed by atoms with Crippen LogP contribution in [0.1, 0.15) is 35.7 Å². The molecule has 1 unspecified atom stereocenters. The lowest BCUT2D eigenvalue weighted by Gasteiger charge is -2.23. The number of nitrogens with zero attached hydrogens (tertiary/aromatic N) is 1. The number of rotatable bonds is 6. The van der Waals surface area contributed by atoms with Gasteiger partial charge in [-0.15, -0.1) is 0 Å². The first-order valence-corrected chi connectivity index (χ1v) is 7.63. The number of aliphatic carboxylic acids is 1. The lowest BCUT2D eigenvalue weighted by molar-refractivity contribution is -0.151. The Balaban J connectivity index is 2.09. The number of carbonyl (C=O) groups is 2. The fraction of sp³-hybridized carbons (Fsp3) is 0.529. The highest BCUT2D eigenvalue weighted by molar-refractivity contribution is 5.95. The highest BCUT2D eigenvalue weighted by Crippen LogP contribution is 2.32. The van der Waals surface area contributed by atoms with Gasteiger partial charge in [0, 0.05) is 25.8 Å². The second-order valence-corrected chi connectivity index (χ2v) is 5.94. The number of aryl methyl sites for hydroxylation is 1. The minimum Gasteiger partial charge on any atom is -0.481 e. The second-order valence-electron chi connectivity index (χ2n) is 5.94. The van der Waals surface area contributed by atoms with Crippen molar-refractivity contribution in [2.75, 3.05) is 26.8 Å². The van der Waals surface area contributed by atoms with E-state index in [0.29, 0.717) is 18.5 Å². The Morgan fingerprint density at radius 3 is 2.55 bits per heavy atom. The molecule has 120 valence electrons. The molecule has 0 bridgehead atoms. The van der Waals surface area contributed by atoms with Crippen molar-refractivity contribution in [3.63, 3.8) is 0 Å². The van der Waals surface area contributed by atoms with Crippen molar-refractivity contribution in [2.45, 2.75) is 26.2 Å². The van der Waals surface area contributed by atoms with Crippen molar-refractivity contribution in [3.8, 4) is 0 Å². The van der Waals surface area contributed by atoms with Gasteiger partial charge in [-0.05, 0) is 30.5 Å². The van der Waals surface area contributed by atoms with Crippen LogP contribution in [0, 0.1) is 5.41 Å². The van der Waals surface area contributed by atoms with Gasteiger partial charge in [0.05, 0.1) is 6.61 Å². The van der Waals surface area contributed by atoms with Crippen LogP contribution in [-0.2, 0) is 16.0 Å². The molecule has 1 amide bonds. The Labute approximate surface area is 130 Å².